The zero-order valence-electron chi connectivity index (χ0n) is 12.5. The van der Waals surface area contributed by atoms with Gasteiger partial charge in [0.1, 0.15) is 0 Å². The molecule has 0 amide bonds. The van der Waals surface area contributed by atoms with Gasteiger partial charge in [0.05, 0.1) is 17.1 Å². The highest BCUT2D eigenvalue weighted by atomic mass is 79.9. The molecule has 5 heteroatoms. The molecule has 1 unspecified atom stereocenters. The molecule has 1 atom stereocenters. The second-order valence-corrected chi connectivity index (χ2v) is 6.62. The van der Waals surface area contributed by atoms with E-state index in [1.165, 1.54) is 0 Å². The van der Waals surface area contributed by atoms with Gasteiger partial charge < -0.3 is 5.21 Å². The third-order valence-corrected chi connectivity index (χ3v) is 4.63. The predicted octanol–water partition coefficient (Wildman–Crippen LogP) is 4.45. The van der Waals surface area contributed by atoms with E-state index in [-0.39, 0.29) is 0 Å². The first-order valence-electron chi connectivity index (χ1n) is 7.55. The summed E-state index contributed by atoms with van der Waals surface area (Å²) in [6, 6.07) is 9.95. The third-order valence-electron chi connectivity index (χ3n) is 4.10. The van der Waals surface area contributed by atoms with Crippen LogP contribution in [0.2, 0.25) is 0 Å². The van der Waals surface area contributed by atoms with Crippen LogP contribution in [0.5, 0.6) is 0 Å². The quantitative estimate of drug-likeness (QED) is 0.650. The summed E-state index contributed by atoms with van der Waals surface area (Å²) in [5.41, 5.74) is 4.42. The summed E-state index contributed by atoms with van der Waals surface area (Å²) in [4.78, 5) is 0. The van der Waals surface area contributed by atoms with Crippen molar-refractivity contribution in [3.05, 3.63) is 46.1 Å². The Morgan fingerprint density at radius 3 is 2.68 bits per heavy atom. The maximum atomic E-state index is 9.36. The van der Waals surface area contributed by atoms with Gasteiger partial charge in [0, 0.05) is 15.6 Å². The standard InChI is InChI=1S/C17H18BrN3O/c1-2-3-11-8-16-14(17(9-11)21-22)10-15(19-20-16)12-4-6-13(18)7-5-12/h4-7,10-11,22H,2-3,8-9H2,1H3. The second kappa shape index (κ2) is 6.57. The first-order valence-corrected chi connectivity index (χ1v) is 8.34. The maximum Gasteiger partial charge on any atom is 0.0936 e. The van der Waals surface area contributed by atoms with Crippen LogP contribution in [0, 0.1) is 5.92 Å². The van der Waals surface area contributed by atoms with Gasteiger partial charge in [-0.25, -0.2) is 0 Å². The summed E-state index contributed by atoms with van der Waals surface area (Å²) >= 11 is 3.43. The highest BCUT2D eigenvalue weighted by Crippen LogP contribution is 2.30. The van der Waals surface area contributed by atoms with Gasteiger partial charge >= 0.3 is 0 Å². The van der Waals surface area contributed by atoms with Crippen LogP contribution in [-0.2, 0) is 6.42 Å². The molecule has 22 heavy (non-hydrogen) atoms. The monoisotopic (exact) mass is 359 g/mol. The average molecular weight is 360 g/mol. The molecule has 114 valence electrons. The molecule has 1 N–H and O–H groups in total. The molecule has 1 aliphatic carbocycles. The van der Waals surface area contributed by atoms with E-state index in [1.807, 2.05) is 30.3 Å². The van der Waals surface area contributed by atoms with Gasteiger partial charge in [0.25, 0.3) is 0 Å². The molecular weight excluding hydrogens is 342 g/mol. The molecule has 0 fully saturated rings. The van der Waals surface area contributed by atoms with E-state index in [1.54, 1.807) is 0 Å². The zero-order chi connectivity index (χ0) is 15.5. The van der Waals surface area contributed by atoms with Crippen LogP contribution in [-0.4, -0.2) is 21.1 Å². The fraction of sp³-hybridized carbons (Fsp3) is 0.353. The fourth-order valence-electron chi connectivity index (χ4n) is 3.02. The Balaban J connectivity index is 1.98. The number of aromatic nitrogens is 2. The van der Waals surface area contributed by atoms with Crippen molar-refractivity contribution in [1.29, 1.82) is 0 Å². The lowest BCUT2D eigenvalue weighted by molar-refractivity contribution is 0.314. The number of oxime groups is 1. The molecule has 0 saturated carbocycles. The largest absolute Gasteiger partial charge is 0.411 e. The minimum absolute atomic E-state index is 0.497. The minimum Gasteiger partial charge on any atom is -0.411 e. The van der Waals surface area contributed by atoms with Crippen molar-refractivity contribution in [3.8, 4) is 11.3 Å². The number of fused-ring (bicyclic) bond motifs is 1. The fourth-order valence-corrected chi connectivity index (χ4v) is 3.28. The first-order chi connectivity index (χ1) is 10.7. The minimum atomic E-state index is 0.497. The van der Waals surface area contributed by atoms with Gasteiger partial charge in [0.2, 0.25) is 0 Å². The number of benzene rings is 1. The van der Waals surface area contributed by atoms with E-state index < -0.39 is 0 Å². The van der Waals surface area contributed by atoms with E-state index in [2.05, 4.69) is 38.2 Å². The van der Waals surface area contributed by atoms with Crippen LogP contribution in [0.15, 0.2) is 40.0 Å². The van der Waals surface area contributed by atoms with Gasteiger partial charge in [0.15, 0.2) is 0 Å². The molecule has 4 nitrogen and oxygen atoms in total. The average Bonchev–Trinajstić information content (AvgIpc) is 2.55. The second-order valence-electron chi connectivity index (χ2n) is 5.71. The van der Waals surface area contributed by atoms with Crippen LogP contribution in [0.25, 0.3) is 11.3 Å². The number of halogens is 1. The maximum absolute atomic E-state index is 9.36. The van der Waals surface area contributed by atoms with Gasteiger partial charge in [-0.1, -0.05) is 46.6 Å². The van der Waals surface area contributed by atoms with Crippen LogP contribution >= 0.6 is 15.9 Å². The molecule has 1 aromatic heterocycles. The summed E-state index contributed by atoms with van der Waals surface area (Å²) in [6.45, 7) is 2.17. The lowest BCUT2D eigenvalue weighted by atomic mass is 9.83. The van der Waals surface area contributed by atoms with Gasteiger partial charge in [-0.05, 0) is 43.4 Å². The molecule has 0 saturated heterocycles. The molecule has 0 spiro atoms. The molecule has 1 heterocycles. The highest BCUT2D eigenvalue weighted by molar-refractivity contribution is 9.10. The van der Waals surface area contributed by atoms with Crippen molar-refractivity contribution in [2.45, 2.75) is 32.6 Å². The van der Waals surface area contributed by atoms with Crippen LogP contribution in [0.4, 0.5) is 0 Å². The third kappa shape index (κ3) is 3.04. The van der Waals surface area contributed by atoms with Crippen molar-refractivity contribution in [2.75, 3.05) is 0 Å². The molecule has 0 aliphatic heterocycles. The normalized spacial score (nSPS) is 19.2. The summed E-state index contributed by atoms with van der Waals surface area (Å²) in [5, 5.41) is 21.6. The predicted molar refractivity (Wildman–Crippen MR) is 90.2 cm³/mol. The molecule has 0 radical (unpaired) electrons. The highest BCUT2D eigenvalue weighted by Gasteiger charge is 2.25. The van der Waals surface area contributed by atoms with Crippen molar-refractivity contribution in [3.63, 3.8) is 0 Å². The van der Waals surface area contributed by atoms with Crippen molar-refractivity contribution >= 4 is 21.6 Å². The molecule has 2 aromatic rings. The smallest absolute Gasteiger partial charge is 0.0936 e. The van der Waals surface area contributed by atoms with Crippen LogP contribution in [0.3, 0.4) is 0 Å². The van der Waals surface area contributed by atoms with Crippen molar-refractivity contribution < 1.29 is 5.21 Å². The number of rotatable bonds is 3. The topological polar surface area (TPSA) is 58.4 Å². The Hall–Kier alpha value is -1.75. The van der Waals surface area contributed by atoms with Gasteiger partial charge in [-0.3, -0.25) is 0 Å². The Bertz CT molecular complexity index is 698. The summed E-state index contributed by atoms with van der Waals surface area (Å²) < 4.78 is 1.03. The van der Waals surface area contributed by atoms with Crippen molar-refractivity contribution in [2.24, 2.45) is 11.1 Å². The molecule has 1 aliphatic rings. The SMILES string of the molecule is CCCC1CC(=NO)c2cc(-c3ccc(Br)cc3)nnc2C1. The molecule has 1 aromatic carbocycles. The van der Waals surface area contributed by atoms with E-state index in [0.717, 1.165) is 58.4 Å². The summed E-state index contributed by atoms with van der Waals surface area (Å²) in [6.07, 6.45) is 3.97. The van der Waals surface area contributed by atoms with E-state index in [0.29, 0.717) is 5.92 Å². The Labute approximate surface area is 138 Å². The first kappa shape index (κ1) is 15.2. The van der Waals surface area contributed by atoms with Crippen molar-refractivity contribution in [1.82, 2.24) is 10.2 Å². The number of hydrogen-bond acceptors (Lipinski definition) is 4. The Kier molecular flexibility index (Phi) is 4.52. The zero-order valence-corrected chi connectivity index (χ0v) is 14.0. The van der Waals surface area contributed by atoms with E-state index in [4.69, 9.17) is 0 Å². The van der Waals surface area contributed by atoms with Gasteiger partial charge in [-0.15, -0.1) is 0 Å². The summed E-state index contributed by atoms with van der Waals surface area (Å²) in [5.74, 6) is 0.497. The van der Waals surface area contributed by atoms with Gasteiger partial charge in [-0.2, -0.15) is 10.2 Å². The number of hydrogen-bond donors (Lipinski definition) is 1. The molecule has 0 bridgehead atoms. The lowest BCUT2D eigenvalue weighted by Gasteiger charge is -2.24. The Morgan fingerprint density at radius 2 is 2.00 bits per heavy atom. The molecular formula is C17H18BrN3O. The molecule has 3 rings (SSSR count). The van der Waals surface area contributed by atoms with E-state index in [9.17, 15) is 5.21 Å². The summed E-state index contributed by atoms with van der Waals surface area (Å²) in [7, 11) is 0. The number of nitrogens with zero attached hydrogens (tertiary/aromatic N) is 3. The van der Waals surface area contributed by atoms with E-state index >= 15 is 0 Å². The Morgan fingerprint density at radius 1 is 1.23 bits per heavy atom. The van der Waals surface area contributed by atoms with Crippen LogP contribution in [0.1, 0.15) is 37.4 Å². The van der Waals surface area contributed by atoms with Crippen LogP contribution < -0.4 is 0 Å². The lowest BCUT2D eigenvalue weighted by Crippen LogP contribution is -2.22.